The van der Waals surface area contributed by atoms with E-state index < -0.39 is 17.8 Å². The van der Waals surface area contributed by atoms with Crippen LogP contribution in [0.3, 0.4) is 0 Å². The molecule has 0 fully saturated rings. The molecule has 24 heavy (non-hydrogen) atoms. The van der Waals surface area contributed by atoms with Gasteiger partial charge >= 0.3 is 13.4 Å². The van der Waals surface area contributed by atoms with Gasteiger partial charge in [0.15, 0.2) is 0 Å². The first-order valence-electron chi connectivity index (χ1n) is 7.83. The first-order chi connectivity index (χ1) is 11.1. The summed E-state index contributed by atoms with van der Waals surface area (Å²) >= 11 is 0. The number of allylic oxidation sites excluding steroid dienone is 6. The van der Waals surface area contributed by atoms with Gasteiger partial charge in [0.2, 0.25) is 0 Å². The maximum absolute atomic E-state index is 13.9. The lowest BCUT2D eigenvalue weighted by molar-refractivity contribution is -0.730. The summed E-state index contributed by atoms with van der Waals surface area (Å²) in [6.45, 7) is 7.17. The minimum atomic E-state index is -2.63. The van der Waals surface area contributed by atoms with Crippen molar-refractivity contribution >= 4 is 19.1 Å². The third kappa shape index (κ3) is 3.00. The Hall–Kier alpha value is -2.02. The Balaban J connectivity index is 2.65. The fourth-order valence-electron chi connectivity index (χ4n) is 3.39. The van der Waals surface area contributed by atoms with E-state index in [1.807, 2.05) is 19.9 Å². The standard InChI is InChI=1S/C17H21BF2N2O2/c1-10-8-12(3)21-16(10)14(6-7-15(23)24)17-11(2)9-13(4)22(17,5)18(19)20/h8-9H,6-7H2,1-5H3/p+1. The van der Waals surface area contributed by atoms with E-state index in [0.717, 1.165) is 16.9 Å². The maximum atomic E-state index is 13.9. The van der Waals surface area contributed by atoms with E-state index >= 15 is 0 Å². The SMILES string of the molecule is CC1=CC(C)=NC1=C(CCC(=O)O)C1=C(C)C=C(C)[N+]1(C)B(F)F. The molecule has 0 spiro atoms. The smallest absolute Gasteiger partial charge is 0.481 e. The molecule has 1 atom stereocenters. The van der Waals surface area contributed by atoms with Gasteiger partial charge in [-0.25, -0.2) is 8.63 Å². The highest BCUT2D eigenvalue weighted by molar-refractivity contribution is 6.34. The Morgan fingerprint density at radius 1 is 1.21 bits per heavy atom. The molecule has 1 N–H and O–H groups in total. The lowest BCUT2D eigenvalue weighted by Gasteiger charge is -2.32. The van der Waals surface area contributed by atoms with Gasteiger partial charge in [-0.15, -0.1) is 0 Å². The second kappa shape index (κ2) is 6.47. The van der Waals surface area contributed by atoms with Crippen LogP contribution in [0.5, 0.6) is 0 Å². The molecular formula is C17H22BF2N2O2+. The summed E-state index contributed by atoms with van der Waals surface area (Å²) in [5.74, 6) is -0.958. The zero-order valence-corrected chi connectivity index (χ0v) is 14.7. The largest absolute Gasteiger partial charge is 0.853 e. The summed E-state index contributed by atoms with van der Waals surface area (Å²) in [6, 6.07) is 0. The van der Waals surface area contributed by atoms with E-state index in [0.29, 0.717) is 22.7 Å². The number of aliphatic carboxylic acids is 1. The fraction of sp³-hybridized carbons (Fsp3) is 0.412. The topological polar surface area (TPSA) is 49.7 Å². The van der Waals surface area contributed by atoms with Crippen molar-refractivity contribution in [2.24, 2.45) is 4.99 Å². The Kier molecular flexibility index (Phi) is 4.94. The second-order valence-corrected chi connectivity index (χ2v) is 6.47. The van der Waals surface area contributed by atoms with Gasteiger partial charge in [-0.1, -0.05) is 0 Å². The van der Waals surface area contributed by atoms with Gasteiger partial charge in [0, 0.05) is 36.3 Å². The molecule has 1 unspecified atom stereocenters. The van der Waals surface area contributed by atoms with Gasteiger partial charge in [-0.05, 0) is 38.8 Å². The lowest BCUT2D eigenvalue weighted by Crippen LogP contribution is -2.48. The average Bonchev–Trinajstić information content (AvgIpc) is 2.90. The Labute approximate surface area is 141 Å². The van der Waals surface area contributed by atoms with E-state index in [9.17, 15) is 13.4 Å². The number of nitrogens with zero attached hydrogens (tertiary/aromatic N) is 2. The van der Waals surface area contributed by atoms with E-state index in [-0.39, 0.29) is 12.8 Å². The van der Waals surface area contributed by atoms with Crippen molar-refractivity contribution in [2.45, 2.75) is 40.5 Å². The molecule has 2 aliphatic heterocycles. The number of carbonyl (C=O) groups is 1. The predicted molar refractivity (Wildman–Crippen MR) is 91.4 cm³/mol. The molecule has 2 heterocycles. The number of hydrogen-bond donors (Lipinski definition) is 1. The summed E-state index contributed by atoms with van der Waals surface area (Å²) in [4.78, 5) is 15.5. The van der Waals surface area contributed by atoms with Crippen LogP contribution < -0.4 is 0 Å². The molecule has 7 heteroatoms. The molecule has 0 saturated carbocycles. The predicted octanol–water partition coefficient (Wildman–Crippen LogP) is 4.09. The number of likely N-dealkylation sites (N-methyl/N-ethyl adjacent to an activating group) is 1. The van der Waals surface area contributed by atoms with E-state index in [4.69, 9.17) is 5.11 Å². The van der Waals surface area contributed by atoms with Crippen LogP contribution >= 0.6 is 0 Å². The fourth-order valence-corrected chi connectivity index (χ4v) is 3.39. The summed E-state index contributed by atoms with van der Waals surface area (Å²) < 4.78 is 27.2. The number of carboxylic acid groups (broad SMARTS) is 1. The van der Waals surface area contributed by atoms with Crippen LogP contribution in [-0.2, 0) is 4.79 Å². The molecule has 0 aromatic rings. The molecular weight excluding hydrogens is 313 g/mol. The molecule has 0 aromatic carbocycles. The molecule has 4 nitrogen and oxygen atoms in total. The van der Waals surface area contributed by atoms with E-state index in [2.05, 4.69) is 4.99 Å². The number of halogens is 2. The van der Waals surface area contributed by atoms with Crippen LogP contribution in [-0.4, -0.2) is 35.6 Å². The summed E-state index contributed by atoms with van der Waals surface area (Å²) in [7, 11) is -1.17. The van der Waals surface area contributed by atoms with Crippen molar-refractivity contribution in [2.75, 3.05) is 7.05 Å². The molecule has 0 aliphatic carbocycles. The Morgan fingerprint density at radius 2 is 1.83 bits per heavy atom. The third-order valence-corrected chi connectivity index (χ3v) is 4.63. The number of hydrogen-bond acceptors (Lipinski definition) is 2. The zero-order chi connectivity index (χ0) is 18.2. The van der Waals surface area contributed by atoms with Crippen molar-refractivity contribution in [3.63, 3.8) is 0 Å². The first-order valence-corrected chi connectivity index (χ1v) is 7.83. The number of quaternary nitrogens is 1. The van der Waals surface area contributed by atoms with Crippen molar-refractivity contribution in [3.8, 4) is 0 Å². The third-order valence-electron chi connectivity index (χ3n) is 4.63. The molecule has 0 aromatic heterocycles. The van der Waals surface area contributed by atoms with Crippen LogP contribution in [0.15, 0.2) is 51.0 Å². The van der Waals surface area contributed by atoms with Gasteiger partial charge in [-0.2, -0.15) is 0 Å². The summed E-state index contributed by atoms with van der Waals surface area (Å²) in [5, 5.41) is 9.07. The van der Waals surface area contributed by atoms with Gasteiger partial charge in [0.05, 0.1) is 18.4 Å². The molecule has 0 radical (unpaired) electrons. The van der Waals surface area contributed by atoms with Gasteiger partial charge in [0.1, 0.15) is 5.70 Å². The monoisotopic (exact) mass is 335 g/mol. The molecule has 0 amide bonds. The van der Waals surface area contributed by atoms with Crippen molar-refractivity contribution < 1.29 is 22.9 Å². The zero-order valence-electron chi connectivity index (χ0n) is 14.7. The summed E-state index contributed by atoms with van der Waals surface area (Å²) in [6.07, 6.45) is 3.67. The minimum absolute atomic E-state index is 0.125. The lowest BCUT2D eigenvalue weighted by atomic mass is 9.93. The normalized spacial score (nSPS) is 25.5. The van der Waals surface area contributed by atoms with Crippen molar-refractivity contribution in [3.05, 3.63) is 46.0 Å². The van der Waals surface area contributed by atoms with Crippen LogP contribution in [0.1, 0.15) is 40.5 Å². The van der Waals surface area contributed by atoms with Gasteiger partial charge in [-0.3, -0.25) is 14.2 Å². The molecule has 128 valence electrons. The van der Waals surface area contributed by atoms with E-state index in [1.165, 1.54) is 7.05 Å². The molecule has 0 bridgehead atoms. The quantitative estimate of drug-likeness (QED) is 0.770. The van der Waals surface area contributed by atoms with Crippen LogP contribution in [0.2, 0.25) is 0 Å². The minimum Gasteiger partial charge on any atom is -0.481 e. The van der Waals surface area contributed by atoms with Crippen LogP contribution in [0, 0.1) is 0 Å². The molecule has 0 saturated heterocycles. The van der Waals surface area contributed by atoms with Crippen molar-refractivity contribution in [1.82, 2.24) is 0 Å². The second-order valence-electron chi connectivity index (χ2n) is 6.47. The van der Waals surface area contributed by atoms with Crippen LogP contribution in [0.25, 0.3) is 0 Å². The highest BCUT2D eigenvalue weighted by Gasteiger charge is 2.53. The molecule has 2 aliphatic rings. The molecule has 2 rings (SSSR count). The van der Waals surface area contributed by atoms with E-state index in [1.54, 1.807) is 19.9 Å². The Bertz CT molecular complexity index is 748. The number of aliphatic imine (C=N–C) groups is 1. The van der Waals surface area contributed by atoms with Crippen LogP contribution in [0.4, 0.5) is 8.63 Å². The highest BCUT2D eigenvalue weighted by atomic mass is 19.2. The number of carboxylic acids is 1. The van der Waals surface area contributed by atoms with Crippen molar-refractivity contribution in [1.29, 1.82) is 0 Å². The maximum Gasteiger partial charge on any atom is 0.853 e. The average molecular weight is 335 g/mol. The Morgan fingerprint density at radius 3 is 2.29 bits per heavy atom. The number of rotatable bonds is 5. The summed E-state index contributed by atoms with van der Waals surface area (Å²) in [5.41, 5.74) is 4.61. The van der Waals surface area contributed by atoms with Gasteiger partial charge < -0.3 is 5.11 Å². The highest BCUT2D eigenvalue weighted by Crippen LogP contribution is 2.43. The van der Waals surface area contributed by atoms with Gasteiger partial charge in [0.25, 0.3) is 0 Å². The first kappa shape index (κ1) is 18.3.